The fourth-order valence-electron chi connectivity index (χ4n) is 4.03. The molecule has 0 aromatic carbocycles. The molecule has 142 valence electrons. The summed E-state index contributed by atoms with van der Waals surface area (Å²) in [7, 11) is 0. The topological polar surface area (TPSA) is 92.4 Å². The average molecular weight is 359 g/mol. The number of amides is 2. The zero-order valence-electron chi connectivity index (χ0n) is 15.6. The first kappa shape index (κ1) is 18.8. The maximum atomic E-state index is 11.6. The molecule has 3 heterocycles. The minimum absolute atomic E-state index is 0.166. The van der Waals surface area contributed by atoms with Crippen LogP contribution < -0.4 is 5.73 Å². The molecular weight excluding hydrogens is 330 g/mol. The summed E-state index contributed by atoms with van der Waals surface area (Å²) >= 11 is 0. The van der Waals surface area contributed by atoms with Gasteiger partial charge in [0.05, 0.1) is 23.6 Å². The van der Waals surface area contributed by atoms with Crippen LogP contribution in [0.1, 0.15) is 50.4 Å². The van der Waals surface area contributed by atoms with Crippen LogP contribution in [0.5, 0.6) is 0 Å². The molecule has 2 aliphatic heterocycles. The molecule has 1 unspecified atom stereocenters. The summed E-state index contributed by atoms with van der Waals surface area (Å²) in [5, 5.41) is 0. The van der Waals surface area contributed by atoms with E-state index >= 15 is 0 Å². The number of hydrogen-bond donors (Lipinski definition) is 1. The van der Waals surface area contributed by atoms with E-state index in [0.717, 1.165) is 69.5 Å². The van der Waals surface area contributed by atoms with Crippen LogP contribution in [0.3, 0.4) is 0 Å². The number of nitrogens with two attached hydrogens (primary N) is 1. The number of aromatic nitrogens is 2. The van der Waals surface area contributed by atoms with Crippen molar-refractivity contribution in [2.24, 2.45) is 11.7 Å². The highest BCUT2D eigenvalue weighted by atomic mass is 16.2. The molecule has 1 aromatic heterocycles. The number of carbonyl (C=O) groups is 2. The zero-order valence-corrected chi connectivity index (χ0v) is 15.6. The molecule has 0 saturated carbocycles. The fourth-order valence-corrected chi connectivity index (χ4v) is 4.03. The molecule has 0 spiro atoms. The molecule has 1 atom stereocenters. The lowest BCUT2D eigenvalue weighted by atomic mass is 9.92. The lowest BCUT2D eigenvalue weighted by molar-refractivity contribution is -0.130. The van der Waals surface area contributed by atoms with Gasteiger partial charge in [0, 0.05) is 32.8 Å². The van der Waals surface area contributed by atoms with Crippen molar-refractivity contribution in [2.45, 2.75) is 58.0 Å². The fraction of sp³-hybridized carbons (Fsp3) is 0.684. The van der Waals surface area contributed by atoms with Gasteiger partial charge in [-0.15, -0.1) is 0 Å². The SMILES string of the molecule is CC(=O)N1CCC(Cc2cnc(CN3CCCCC3C(N)=O)cn2)CC1. The van der Waals surface area contributed by atoms with E-state index in [1.54, 1.807) is 6.92 Å². The molecule has 0 bridgehead atoms. The molecule has 2 aliphatic rings. The molecule has 0 aliphatic carbocycles. The Bertz CT molecular complexity index is 625. The van der Waals surface area contributed by atoms with Crippen molar-refractivity contribution in [3.63, 3.8) is 0 Å². The van der Waals surface area contributed by atoms with Gasteiger partial charge in [0.2, 0.25) is 11.8 Å². The van der Waals surface area contributed by atoms with E-state index in [2.05, 4.69) is 14.9 Å². The highest BCUT2D eigenvalue weighted by Crippen LogP contribution is 2.21. The number of piperidine rings is 2. The predicted molar refractivity (Wildman–Crippen MR) is 98.0 cm³/mol. The summed E-state index contributed by atoms with van der Waals surface area (Å²) in [5.41, 5.74) is 7.41. The Hall–Kier alpha value is -2.02. The highest BCUT2D eigenvalue weighted by Gasteiger charge is 2.27. The van der Waals surface area contributed by atoms with Gasteiger partial charge in [-0.1, -0.05) is 6.42 Å². The molecule has 1 aromatic rings. The maximum absolute atomic E-state index is 11.6. The standard InChI is InChI=1S/C19H29N5O2/c1-14(25)23-8-5-15(6-9-23)10-16-11-22-17(12-21-16)13-24-7-3-2-4-18(24)19(20)26/h11-12,15,18H,2-10,13H2,1H3,(H2,20,26). The van der Waals surface area contributed by atoms with Crippen LogP contribution in [-0.2, 0) is 22.6 Å². The van der Waals surface area contributed by atoms with Gasteiger partial charge in [-0.05, 0) is 44.6 Å². The highest BCUT2D eigenvalue weighted by molar-refractivity contribution is 5.79. The molecule has 26 heavy (non-hydrogen) atoms. The lowest BCUT2D eigenvalue weighted by Crippen LogP contribution is -2.47. The molecule has 3 rings (SSSR count). The van der Waals surface area contributed by atoms with Gasteiger partial charge in [-0.3, -0.25) is 24.5 Å². The van der Waals surface area contributed by atoms with Crippen molar-refractivity contribution in [1.82, 2.24) is 19.8 Å². The molecule has 2 amide bonds. The second kappa shape index (κ2) is 8.58. The van der Waals surface area contributed by atoms with E-state index in [1.807, 2.05) is 17.3 Å². The summed E-state index contributed by atoms with van der Waals surface area (Å²) in [4.78, 5) is 36.2. The van der Waals surface area contributed by atoms with Crippen molar-refractivity contribution >= 4 is 11.8 Å². The normalized spacial score (nSPS) is 22.3. The molecule has 2 N–H and O–H groups in total. The number of nitrogens with zero attached hydrogens (tertiary/aromatic N) is 4. The van der Waals surface area contributed by atoms with E-state index in [4.69, 9.17) is 5.73 Å². The van der Waals surface area contributed by atoms with E-state index < -0.39 is 0 Å². The summed E-state index contributed by atoms with van der Waals surface area (Å²) < 4.78 is 0. The van der Waals surface area contributed by atoms with E-state index in [9.17, 15) is 9.59 Å². The Morgan fingerprint density at radius 1 is 1.08 bits per heavy atom. The van der Waals surface area contributed by atoms with Crippen LogP contribution in [0.2, 0.25) is 0 Å². The molecule has 7 heteroatoms. The second-order valence-electron chi connectivity index (χ2n) is 7.54. The minimum atomic E-state index is -0.244. The third kappa shape index (κ3) is 4.78. The van der Waals surface area contributed by atoms with Crippen molar-refractivity contribution < 1.29 is 9.59 Å². The van der Waals surface area contributed by atoms with Crippen LogP contribution in [-0.4, -0.2) is 57.3 Å². The van der Waals surface area contributed by atoms with Gasteiger partial charge < -0.3 is 10.6 Å². The van der Waals surface area contributed by atoms with Crippen molar-refractivity contribution in [3.8, 4) is 0 Å². The molecule has 7 nitrogen and oxygen atoms in total. The van der Waals surface area contributed by atoms with Crippen LogP contribution in [0.4, 0.5) is 0 Å². The van der Waals surface area contributed by atoms with Gasteiger partial charge in [-0.25, -0.2) is 0 Å². The van der Waals surface area contributed by atoms with Gasteiger partial charge in [0.15, 0.2) is 0 Å². The number of rotatable bonds is 5. The largest absolute Gasteiger partial charge is 0.368 e. The first-order valence-electron chi connectivity index (χ1n) is 9.61. The maximum Gasteiger partial charge on any atom is 0.234 e. The monoisotopic (exact) mass is 359 g/mol. The second-order valence-corrected chi connectivity index (χ2v) is 7.54. The van der Waals surface area contributed by atoms with Crippen molar-refractivity contribution in [3.05, 3.63) is 23.8 Å². The van der Waals surface area contributed by atoms with Gasteiger partial charge in [0.1, 0.15) is 0 Å². The quantitative estimate of drug-likeness (QED) is 0.850. The number of carbonyl (C=O) groups excluding carboxylic acids is 2. The first-order chi connectivity index (χ1) is 12.5. The average Bonchev–Trinajstić information content (AvgIpc) is 2.64. The van der Waals surface area contributed by atoms with E-state index in [0.29, 0.717) is 12.5 Å². The first-order valence-corrected chi connectivity index (χ1v) is 9.61. The van der Waals surface area contributed by atoms with E-state index in [1.165, 1.54) is 0 Å². The van der Waals surface area contributed by atoms with Gasteiger partial charge in [0.25, 0.3) is 0 Å². The Morgan fingerprint density at radius 2 is 1.77 bits per heavy atom. The molecular formula is C19H29N5O2. The Morgan fingerprint density at radius 3 is 2.38 bits per heavy atom. The summed E-state index contributed by atoms with van der Waals surface area (Å²) in [6.07, 6.45) is 9.62. The number of likely N-dealkylation sites (tertiary alicyclic amines) is 2. The lowest BCUT2D eigenvalue weighted by Gasteiger charge is -2.33. The smallest absolute Gasteiger partial charge is 0.234 e. The van der Waals surface area contributed by atoms with Gasteiger partial charge in [-0.2, -0.15) is 0 Å². The Labute approximate surface area is 155 Å². The summed E-state index contributed by atoms with van der Waals surface area (Å²) in [6, 6.07) is -0.184. The van der Waals surface area contributed by atoms with Crippen LogP contribution in [0.25, 0.3) is 0 Å². The minimum Gasteiger partial charge on any atom is -0.368 e. The number of hydrogen-bond acceptors (Lipinski definition) is 5. The Balaban J connectivity index is 1.52. The third-order valence-electron chi connectivity index (χ3n) is 5.62. The third-order valence-corrected chi connectivity index (χ3v) is 5.62. The van der Waals surface area contributed by atoms with Crippen molar-refractivity contribution in [1.29, 1.82) is 0 Å². The number of primary amides is 1. The predicted octanol–water partition coefficient (Wildman–Crippen LogP) is 1.12. The van der Waals surface area contributed by atoms with Crippen LogP contribution in [0.15, 0.2) is 12.4 Å². The summed E-state index contributed by atoms with van der Waals surface area (Å²) in [6.45, 7) is 4.82. The molecule has 0 radical (unpaired) electrons. The van der Waals surface area contributed by atoms with Gasteiger partial charge >= 0.3 is 0 Å². The van der Waals surface area contributed by atoms with Crippen LogP contribution in [0, 0.1) is 5.92 Å². The zero-order chi connectivity index (χ0) is 18.5. The Kier molecular flexibility index (Phi) is 6.19. The molecule has 2 saturated heterocycles. The van der Waals surface area contributed by atoms with Crippen molar-refractivity contribution in [2.75, 3.05) is 19.6 Å². The van der Waals surface area contributed by atoms with Crippen LogP contribution >= 0.6 is 0 Å². The summed E-state index contributed by atoms with van der Waals surface area (Å²) in [5.74, 6) is 0.484. The van der Waals surface area contributed by atoms with E-state index in [-0.39, 0.29) is 17.9 Å². The molecule has 2 fully saturated rings.